The van der Waals surface area contributed by atoms with Crippen LogP contribution in [0.15, 0.2) is 66.8 Å². The Labute approximate surface area is 129 Å². The lowest BCUT2D eigenvalue weighted by atomic mass is 9.99. The summed E-state index contributed by atoms with van der Waals surface area (Å²) in [6.45, 7) is 0.881. The smallest absolute Gasteiger partial charge is 0.395 e. The van der Waals surface area contributed by atoms with E-state index < -0.39 is 0 Å². The summed E-state index contributed by atoms with van der Waals surface area (Å²) in [5, 5.41) is 0. The molecule has 0 saturated heterocycles. The van der Waals surface area contributed by atoms with Crippen LogP contribution in [0.1, 0.15) is 5.56 Å². The second-order valence-corrected chi connectivity index (χ2v) is 5.59. The number of aromatic nitrogens is 2. The van der Waals surface area contributed by atoms with Crippen molar-refractivity contribution in [2.75, 3.05) is 6.54 Å². The highest BCUT2D eigenvalue weighted by Gasteiger charge is 2.26. The van der Waals surface area contributed by atoms with Gasteiger partial charge in [0.25, 0.3) is 0 Å². The lowest BCUT2D eigenvalue weighted by molar-refractivity contribution is 0.672. The number of fused-ring (bicyclic) bond motifs is 7. The Balaban J connectivity index is 1.88. The molecule has 0 aliphatic carbocycles. The molecule has 0 spiro atoms. The van der Waals surface area contributed by atoms with Crippen LogP contribution in [-0.4, -0.2) is 28.4 Å². The molecule has 4 heteroatoms. The monoisotopic (exact) mass is 282 g/mol. The summed E-state index contributed by atoms with van der Waals surface area (Å²) in [7, 11) is 2.17. The first kappa shape index (κ1) is 11.9. The van der Waals surface area contributed by atoms with Crippen molar-refractivity contribution in [2.24, 2.45) is 0 Å². The number of nitrogens with zero attached hydrogens (tertiary/aromatic N) is 3. The van der Waals surface area contributed by atoms with Crippen molar-refractivity contribution in [3.8, 4) is 11.4 Å². The quantitative estimate of drug-likeness (QED) is 0.590. The van der Waals surface area contributed by atoms with E-state index in [4.69, 9.17) is 4.98 Å². The zero-order valence-electron chi connectivity index (χ0n) is 12.0. The van der Waals surface area contributed by atoms with Crippen molar-refractivity contribution in [3.63, 3.8) is 0 Å². The summed E-state index contributed by atoms with van der Waals surface area (Å²) in [5.74, 6) is 1.01. The third kappa shape index (κ3) is 1.55. The highest BCUT2D eigenvalue weighted by molar-refractivity contribution is 6.36. The molecule has 0 N–H and O–H groups in total. The van der Waals surface area contributed by atoms with Crippen molar-refractivity contribution in [3.05, 3.63) is 72.3 Å². The molecular weight excluding hydrogens is 269 g/mol. The summed E-state index contributed by atoms with van der Waals surface area (Å²) >= 11 is 0. The molecule has 0 amide bonds. The number of rotatable bonds is 0. The summed E-state index contributed by atoms with van der Waals surface area (Å²) in [5.41, 5.74) is 5.82. The van der Waals surface area contributed by atoms with Crippen LogP contribution in [0, 0.1) is 0 Å². The SMILES string of the molecule is [B]1N2CC=CC=C2c2ccccc2-c2nc3ccccc3n21. The number of hydrogen-bond acceptors (Lipinski definition) is 2. The van der Waals surface area contributed by atoms with Gasteiger partial charge in [0.15, 0.2) is 0 Å². The van der Waals surface area contributed by atoms with Crippen molar-refractivity contribution in [1.82, 2.24) is 14.3 Å². The number of hydrogen-bond donors (Lipinski definition) is 0. The lowest BCUT2D eigenvalue weighted by Crippen LogP contribution is -2.31. The predicted octanol–water partition coefficient (Wildman–Crippen LogP) is 3.31. The molecule has 2 aliphatic heterocycles. The van der Waals surface area contributed by atoms with E-state index in [1.54, 1.807) is 0 Å². The number of benzene rings is 2. The normalized spacial score (nSPS) is 15.5. The van der Waals surface area contributed by atoms with Crippen LogP contribution in [0.2, 0.25) is 0 Å². The Morgan fingerprint density at radius 2 is 1.77 bits per heavy atom. The van der Waals surface area contributed by atoms with E-state index in [0.717, 1.165) is 23.4 Å². The largest absolute Gasteiger partial charge is 0.397 e. The zero-order valence-corrected chi connectivity index (χ0v) is 12.0. The predicted molar refractivity (Wildman–Crippen MR) is 90.1 cm³/mol. The second-order valence-electron chi connectivity index (χ2n) is 5.59. The van der Waals surface area contributed by atoms with Crippen LogP contribution in [0.5, 0.6) is 0 Å². The van der Waals surface area contributed by atoms with E-state index in [1.165, 1.54) is 16.8 Å². The highest BCUT2D eigenvalue weighted by Crippen LogP contribution is 2.35. The van der Waals surface area contributed by atoms with Crippen molar-refractivity contribution in [2.45, 2.75) is 0 Å². The average molecular weight is 282 g/mol. The standard InChI is InChI=1S/C18H13BN3/c1-2-8-14-13(7-1)16-10-5-6-12-21(16)19-22-17-11-4-3-9-15(17)20-18(14)22/h1-11H,12H2. The van der Waals surface area contributed by atoms with E-state index in [2.05, 4.69) is 77.5 Å². The summed E-state index contributed by atoms with van der Waals surface area (Å²) in [6.07, 6.45) is 6.48. The fraction of sp³-hybridized carbons (Fsp3) is 0.0556. The van der Waals surface area contributed by atoms with Crippen LogP contribution in [0.3, 0.4) is 0 Å². The van der Waals surface area contributed by atoms with Crippen LogP contribution in [0.25, 0.3) is 28.1 Å². The van der Waals surface area contributed by atoms with Gasteiger partial charge >= 0.3 is 7.55 Å². The molecule has 1 aromatic heterocycles. The van der Waals surface area contributed by atoms with Gasteiger partial charge in [-0.05, 0) is 18.2 Å². The van der Waals surface area contributed by atoms with E-state index in [9.17, 15) is 0 Å². The lowest BCUT2D eigenvalue weighted by Gasteiger charge is -2.26. The van der Waals surface area contributed by atoms with Gasteiger partial charge in [0.1, 0.15) is 5.82 Å². The van der Waals surface area contributed by atoms with Gasteiger partial charge in [-0.1, -0.05) is 48.6 Å². The molecule has 0 atom stereocenters. The van der Waals surface area contributed by atoms with Gasteiger partial charge in [-0.2, -0.15) is 0 Å². The fourth-order valence-corrected chi connectivity index (χ4v) is 3.27. The Hall–Kier alpha value is -2.75. The molecule has 1 radical (unpaired) electrons. The minimum atomic E-state index is 0.881. The van der Waals surface area contributed by atoms with Gasteiger partial charge in [0, 0.05) is 23.4 Å². The van der Waals surface area contributed by atoms with E-state index in [1.807, 2.05) is 6.07 Å². The first-order valence-corrected chi connectivity index (χ1v) is 7.47. The molecule has 5 rings (SSSR count). The molecule has 0 saturated carbocycles. The third-order valence-electron chi connectivity index (χ3n) is 4.30. The molecule has 22 heavy (non-hydrogen) atoms. The van der Waals surface area contributed by atoms with Gasteiger partial charge in [0.05, 0.1) is 11.0 Å². The van der Waals surface area contributed by atoms with Crippen LogP contribution in [-0.2, 0) is 0 Å². The summed E-state index contributed by atoms with van der Waals surface area (Å²) < 4.78 is 2.20. The molecule has 3 nitrogen and oxygen atoms in total. The van der Waals surface area contributed by atoms with Crippen molar-refractivity contribution in [1.29, 1.82) is 0 Å². The third-order valence-corrected chi connectivity index (χ3v) is 4.30. The van der Waals surface area contributed by atoms with Gasteiger partial charge in [0.2, 0.25) is 0 Å². The average Bonchev–Trinajstić information content (AvgIpc) is 2.87. The summed E-state index contributed by atoms with van der Waals surface area (Å²) in [4.78, 5) is 7.15. The molecule has 0 fully saturated rings. The Morgan fingerprint density at radius 1 is 0.955 bits per heavy atom. The second kappa shape index (κ2) is 4.37. The van der Waals surface area contributed by atoms with Gasteiger partial charge in [-0.15, -0.1) is 0 Å². The first-order chi connectivity index (χ1) is 10.9. The van der Waals surface area contributed by atoms with Gasteiger partial charge in [-0.25, -0.2) is 4.98 Å². The molecular formula is C18H13BN3. The molecule has 3 aromatic rings. The molecule has 3 heterocycles. The molecule has 2 aliphatic rings. The minimum Gasteiger partial charge on any atom is -0.395 e. The molecule has 0 unspecified atom stereocenters. The maximum Gasteiger partial charge on any atom is 0.397 e. The maximum atomic E-state index is 4.87. The first-order valence-electron chi connectivity index (χ1n) is 7.47. The van der Waals surface area contributed by atoms with Gasteiger partial charge in [-0.3, -0.25) is 0 Å². The van der Waals surface area contributed by atoms with E-state index >= 15 is 0 Å². The van der Waals surface area contributed by atoms with Crippen LogP contribution >= 0.6 is 0 Å². The maximum absolute atomic E-state index is 4.87. The topological polar surface area (TPSA) is 21.1 Å². The number of allylic oxidation sites excluding steroid dienone is 2. The number of para-hydroxylation sites is 2. The zero-order chi connectivity index (χ0) is 14.5. The van der Waals surface area contributed by atoms with Crippen LogP contribution < -0.4 is 0 Å². The van der Waals surface area contributed by atoms with Crippen molar-refractivity contribution >= 4 is 24.3 Å². The van der Waals surface area contributed by atoms with E-state index in [0.29, 0.717) is 0 Å². The van der Waals surface area contributed by atoms with E-state index in [-0.39, 0.29) is 0 Å². The number of imidazole rings is 1. The molecule has 0 bridgehead atoms. The Kier molecular flexibility index (Phi) is 2.36. The fourth-order valence-electron chi connectivity index (χ4n) is 3.27. The Morgan fingerprint density at radius 3 is 2.73 bits per heavy atom. The summed E-state index contributed by atoms with van der Waals surface area (Å²) in [6, 6.07) is 16.8. The van der Waals surface area contributed by atoms with Crippen molar-refractivity contribution < 1.29 is 0 Å². The Bertz CT molecular complexity index is 952. The minimum absolute atomic E-state index is 0.881. The molecule has 103 valence electrons. The van der Waals surface area contributed by atoms with Gasteiger partial charge < -0.3 is 9.29 Å². The molecule has 2 aromatic carbocycles. The highest BCUT2D eigenvalue weighted by atomic mass is 15.2. The van der Waals surface area contributed by atoms with Crippen LogP contribution in [0.4, 0.5) is 0 Å².